The van der Waals surface area contributed by atoms with Crippen molar-refractivity contribution in [3.8, 4) is 11.1 Å². The standard InChI is InChI=1S/C23H17N/c1-3-10-19(11-4-1)23-20(17-24-21-12-5-2-6-13-21)16-15-18-9-7-8-14-22(18)23/h1-17H. The van der Waals surface area contributed by atoms with Crippen LogP contribution in [0.2, 0.25) is 0 Å². The Morgan fingerprint density at radius 3 is 2.04 bits per heavy atom. The topological polar surface area (TPSA) is 12.4 Å². The largest absolute Gasteiger partial charge is 0.256 e. The second-order valence-electron chi connectivity index (χ2n) is 5.71. The Morgan fingerprint density at radius 2 is 1.25 bits per heavy atom. The van der Waals surface area contributed by atoms with Gasteiger partial charge in [-0.3, -0.25) is 4.99 Å². The minimum absolute atomic E-state index is 0.963. The van der Waals surface area contributed by atoms with E-state index in [1.165, 1.54) is 21.9 Å². The average Bonchev–Trinajstić information content (AvgIpc) is 2.67. The van der Waals surface area contributed by atoms with E-state index in [0.29, 0.717) is 0 Å². The van der Waals surface area contributed by atoms with Crippen LogP contribution >= 0.6 is 0 Å². The van der Waals surface area contributed by atoms with Gasteiger partial charge in [0.1, 0.15) is 0 Å². The van der Waals surface area contributed by atoms with Crippen molar-refractivity contribution in [3.05, 3.63) is 103 Å². The van der Waals surface area contributed by atoms with Crippen molar-refractivity contribution >= 4 is 22.7 Å². The van der Waals surface area contributed by atoms with Crippen molar-refractivity contribution in [3.63, 3.8) is 0 Å². The molecule has 0 fully saturated rings. The monoisotopic (exact) mass is 307 g/mol. The van der Waals surface area contributed by atoms with Crippen LogP contribution in [0.15, 0.2) is 102 Å². The molecule has 0 heterocycles. The van der Waals surface area contributed by atoms with Crippen LogP contribution in [-0.4, -0.2) is 6.21 Å². The van der Waals surface area contributed by atoms with Gasteiger partial charge < -0.3 is 0 Å². The van der Waals surface area contributed by atoms with Gasteiger partial charge in [0.15, 0.2) is 0 Å². The minimum Gasteiger partial charge on any atom is -0.256 e. The molecule has 0 aliphatic heterocycles. The van der Waals surface area contributed by atoms with Crippen LogP contribution in [0.4, 0.5) is 5.69 Å². The lowest BCUT2D eigenvalue weighted by molar-refractivity contribution is 1.53. The van der Waals surface area contributed by atoms with Gasteiger partial charge in [0, 0.05) is 11.8 Å². The molecule has 1 nitrogen and oxygen atoms in total. The van der Waals surface area contributed by atoms with Crippen LogP contribution in [0, 0.1) is 0 Å². The Kier molecular flexibility index (Phi) is 3.91. The van der Waals surface area contributed by atoms with Gasteiger partial charge in [-0.2, -0.15) is 0 Å². The number of fused-ring (bicyclic) bond motifs is 1. The van der Waals surface area contributed by atoms with Crippen molar-refractivity contribution < 1.29 is 0 Å². The molecular weight excluding hydrogens is 290 g/mol. The molecule has 114 valence electrons. The Bertz CT molecular complexity index is 986. The van der Waals surface area contributed by atoms with E-state index in [9.17, 15) is 0 Å². The number of hydrogen-bond donors (Lipinski definition) is 0. The van der Waals surface area contributed by atoms with Crippen LogP contribution < -0.4 is 0 Å². The SMILES string of the molecule is C(=Nc1ccccc1)c1ccc2ccccc2c1-c1ccccc1. The van der Waals surface area contributed by atoms with Gasteiger partial charge in [0.2, 0.25) is 0 Å². The number of para-hydroxylation sites is 1. The summed E-state index contributed by atoms with van der Waals surface area (Å²) >= 11 is 0. The highest BCUT2D eigenvalue weighted by Gasteiger charge is 2.08. The van der Waals surface area contributed by atoms with Crippen LogP contribution in [0.1, 0.15) is 5.56 Å². The lowest BCUT2D eigenvalue weighted by atomic mass is 9.94. The normalized spacial score (nSPS) is 11.2. The number of nitrogens with zero attached hydrogens (tertiary/aromatic N) is 1. The predicted octanol–water partition coefficient (Wildman–Crippen LogP) is 6.26. The van der Waals surface area contributed by atoms with Gasteiger partial charge in [0.05, 0.1) is 5.69 Å². The van der Waals surface area contributed by atoms with Crippen molar-refractivity contribution in [2.75, 3.05) is 0 Å². The quantitative estimate of drug-likeness (QED) is 0.396. The molecule has 0 saturated heterocycles. The maximum atomic E-state index is 4.64. The molecule has 0 N–H and O–H groups in total. The van der Waals surface area contributed by atoms with E-state index in [1.54, 1.807) is 0 Å². The first-order valence-electron chi connectivity index (χ1n) is 8.08. The molecule has 0 bridgehead atoms. The molecule has 4 aromatic carbocycles. The molecule has 0 amide bonds. The van der Waals surface area contributed by atoms with Gasteiger partial charge in [0.25, 0.3) is 0 Å². The number of hydrogen-bond acceptors (Lipinski definition) is 1. The lowest BCUT2D eigenvalue weighted by Crippen LogP contribution is -1.90. The van der Waals surface area contributed by atoms with Crippen LogP contribution in [0.3, 0.4) is 0 Å². The van der Waals surface area contributed by atoms with Gasteiger partial charge >= 0.3 is 0 Å². The first-order chi connectivity index (χ1) is 11.9. The average molecular weight is 307 g/mol. The summed E-state index contributed by atoms with van der Waals surface area (Å²) in [5.41, 5.74) is 4.53. The first kappa shape index (κ1) is 14.4. The third-order valence-electron chi connectivity index (χ3n) is 4.13. The first-order valence-corrected chi connectivity index (χ1v) is 8.08. The molecule has 4 rings (SSSR count). The molecule has 1 heteroatoms. The summed E-state index contributed by atoms with van der Waals surface area (Å²) in [4.78, 5) is 4.64. The summed E-state index contributed by atoms with van der Waals surface area (Å²) in [7, 11) is 0. The van der Waals surface area contributed by atoms with E-state index in [2.05, 4.69) is 65.7 Å². The predicted molar refractivity (Wildman–Crippen MR) is 103 cm³/mol. The summed E-state index contributed by atoms with van der Waals surface area (Å²) < 4.78 is 0. The van der Waals surface area contributed by atoms with Crippen molar-refractivity contribution in [1.82, 2.24) is 0 Å². The Hall–Kier alpha value is -3.19. The fourth-order valence-electron chi connectivity index (χ4n) is 2.98. The number of benzene rings is 4. The van der Waals surface area contributed by atoms with Gasteiger partial charge in [-0.05, 0) is 34.0 Å². The van der Waals surface area contributed by atoms with Crippen molar-refractivity contribution in [1.29, 1.82) is 0 Å². The lowest BCUT2D eigenvalue weighted by Gasteiger charge is -2.11. The number of aliphatic imine (C=N–C) groups is 1. The molecule has 0 saturated carbocycles. The minimum atomic E-state index is 0.963. The van der Waals surface area contributed by atoms with E-state index in [4.69, 9.17) is 0 Å². The molecule has 0 aromatic heterocycles. The molecule has 4 aromatic rings. The summed E-state index contributed by atoms with van der Waals surface area (Å²) in [5, 5.41) is 2.49. The highest BCUT2D eigenvalue weighted by Crippen LogP contribution is 2.31. The Balaban J connectivity index is 1.91. The van der Waals surface area contributed by atoms with E-state index in [-0.39, 0.29) is 0 Å². The van der Waals surface area contributed by atoms with E-state index in [0.717, 1.165) is 11.3 Å². The maximum absolute atomic E-state index is 4.64. The second-order valence-corrected chi connectivity index (χ2v) is 5.71. The molecular formula is C23H17N. The fraction of sp³-hybridized carbons (Fsp3) is 0. The van der Waals surface area contributed by atoms with E-state index < -0.39 is 0 Å². The molecule has 0 spiro atoms. The molecule has 0 aliphatic carbocycles. The van der Waals surface area contributed by atoms with Gasteiger partial charge in [-0.25, -0.2) is 0 Å². The molecule has 0 unspecified atom stereocenters. The highest BCUT2D eigenvalue weighted by molar-refractivity contribution is 6.05. The maximum Gasteiger partial charge on any atom is 0.0629 e. The zero-order valence-electron chi connectivity index (χ0n) is 13.3. The third-order valence-corrected chi connectivity index (χ3v) is 4.13. The van der Waals surface area contributed by atoms with Crippen molar-refractivity contribution in [2.24, 2.45) is 4.99 Å². The summed E-state index contributed by atoms with van der Waals surface area (Å²) in [6.07, 6.45) is 1.96. The molecule has 24 heavy (non-hydrogen) atoms. The zero-order chi connectivity index (χ0) is 16.2. The summed E-state index contributed by atoms with van der Waals surface area (Å²) in [6, 6.07) is 33.4. The molecule has 0 atom stereocenters. The second kappa shape index (κ2) is 6.51. The van der Waals surface area contributed by atoms with Crippen LogP contribution in [-0.2, 0) is 0 Å². The van der Waals surface area contributed by atoms with E-state index >= 15 is 0 Å². The highest BCUT2D eigenvalue weighted by atomic mass is 14.7. The fourth-order valence-corrected chi connectivity index (χ4v) is 2.98. The third kappa shape index (κ3) is 2.84. The Labute approximate surface area is 141 Å². The van der Waals surface area contributed by atoms with Crippen molar-refractivity contribution in [2.45, 2.75) is 0 Å². The summed E-state index contributed by atoms with van der Waals surface area (Å²) in [6.45, 7) is 0. The Morgan fingerprint density at radius 1 is 0.583 bits per heavy atom. The zero-order valence-corrected chi connectivity index (χ0v) is 13.3. The van der Waals surface area contributed by atoms with Crippen LogP contribution in [0.25, 0.3) is 21.9 Å². The van der Waals surface area contributed by atoms with Crippen LogP contribution in [0.5, 0.6) is 0 Å². The number of rotatable bonds is 3. The van der Waals surface area contributed by atoms with Gasteiger partial charge in [-0.1, -0.05) is 84.9 Å². The molecule has 0 aliphatic rings. The smallest absolute Gasteiger partial charge is 0.0629 e. The van der Waals surface area contributed by atoms with E-state index in [1.807, 2.05) is 42.6 Å². The van der Waals surface area contributed by atoms with Gasteiger partial charge in [-0.15, -0.1) is 0 Å². The summed E-state index contributed by atoms with van der Waals surface area (Å²) in [5.74, 6) is 0. The molecule has 0 radical (unpaired) electrons.